The number of pyridine rings is 1. The van der Waals surface area contributed by atoms with Crippen LogP contribution in [0.3, 0.4) is 0 Å². The van der Waals surface area contributed by atoms with E-state index in [0.717, 1.165) is 43.6 Å². The van der Waals surface area contributed by atoms with E-state index in [0.29, 0.717) is 12.1 Å². The molecule has 0 aliphatic carbocycles. The van der Waals surface area contributed by atoms with E-state index < -0.39 is 0 Å². The Morgan fingerprint density at radius 1 is 1.14 bits per heavy atom. The lowest BCUT2D eigenvalue weighted by atomic mass is 10.1. The zero-order valence-corrected chi connectivity index (χ0v) is 12.4. The summed E-state index contributed by atoms with van der Waals surface area (Å²) in [6.45, 7) is 3.08. The van der Waals surface area contributed by atoms with Crippen molar-refractivity contribution in [3.63, 3.8) is 0 Å². The van der Waals surface area contributed by atoms with Crippen LogP contribution in [0.25, 0.3) is 10.9 Å². The average Bonchev–Trinajstić information content (AvgIpc) is 3.09. The van der Waals surface area contributed by atoms with Crippen molar-refractivity contribution in [3.8, 4) is 0 Å². The molecule has 0 bridgehead atoms. The van der Waals surface area contributed by atoms with Gasteiger partial charge in [-0.3, -0.25) is 4.98 Å². The van der Waals surface area contributed by atoms with Gasteiger partial charge in [-0.1, -0.05) is 12.1 Å². The molecule has 1 aromatic heterocycles. The molecule has 4 rings (SSSR count). The zero-order chi connectivity index (χ0) is 14.9. The summed E-state index contributed by atoms with van der Waals surface area (Å²) in [5, 5.41) is 0.857. The highest BCUT2D eigenvalue weighted by Crippen LogP contribution is 2.29. The minimum atomic E-state index is -0.275. The molecule has 3 heterocycles. The van der Waals surface area contributed by atoms with E-state index in [1.807, 2.05) is 12.1 Å². The molecule has 5 heteroatoms. The third-order valence-electron chi connectivity index (χ3n) is 4.51. The van der Waals surface area contributed by atoms with Gasteiger partial charge >= 0.3 is 0 Å². The second-order valence-corrected chi connectivity index (χ2v) is 5.87. The monoisotopic (exact) mass is 302 g/mol. The number of halogens is 1. The lowest BCUT2D eigenvalue weighted by Crippen LogP contribution is -2.47. The Balaban J connectivity index is 1.65. The first-order chi connectivity index (χ1) is 10.8. The van der Waals surface area contributed by atoms with Gasteiger partial charge in [0.1, 0.15) is 17.4 Å². The third-order valence-corrected chi connectivity index (χ3v) is 4.51. The lowest BCUT2D eigenvalue weighted by molar-refractivity contribution is -0.0542. The van der Waals surface area contributed by atoms with Gasteiger partial charge in [0.25, 0.3) is 0 Å². The standard InChI is InChI=1S/C17H19FN2O2/c18-13-4-1-3-12-14(6-7-19-17(12)13)20-8-10-22-16(11-20)15-5-2-9-21-15/h1,3-4,6-7,15-16H,2,5,8-11H2/t15-,16-/m0/s1. The zero-order valence-electron chi connectivity index (χ0n) is 12.4. The van der Waals surface area contributed by atoms with Gasteiger partial charge < -0.3 is 14.4 Å². The summed E-state index contributed by atoms with van der Waals surface area (Å²) in [5.41, 5.74) is 1.45. The summed E-state index contributed by atoms with van der Waals surface area (Å²) >= 11 is 0. The number of hydrogen-bond donors (Lipinski definition) is 0. The van der Waals surface area contributed by atoms with Crippen LogP contribution in [0.2, 0.25) is 0 Å². The number of fused-ring (bicyclic) bond motifs is 1. The highest BCUT2D eigenvalue weighted by molar-refractivity contribution is 5.91. The van der Waals surface area contributed by atoms with Gasteiger partial charge in [0, 0.05) is 37.0 Å². The molecule has 22 heavy (non-hydrogen) atoms. The van der Waals surface area contributed by atoms with Crippen molar-refractivity contribution in [3.05, 3.63) is 36.3 Å². The van der Waals surface area contributed by atoms with Crippen LogP contribution in [0.4, 0.5) is 10.1 Å². The smallest absolute Gasteiger partial charge is 0.149 e. The van der Waals surface area contributed by atoms with Crippen LogP contribution in [-0.2, 0) is 9.47 Å². The predicted octanol–water partition coefficient (Wildman–Crippen LogP) is 2.76. The molecule has 2 saturated heterocycles. The van der Waals surface area contributed by atoms with E-state index in [-0.39, 0.29) is 18.0 Å². The first-order valence-corrected chi connectivity index (χ1v) is 7.84. The maximum absolute atomic E-state index is 13.9. The number of para-hydroxylation sites is 1. The van der Waals surface area contributed by atoms with Crippen molar-refractivity contribution >= 4 is 16.6 Å². The van der Waals surface area contributed by atoms with Crippen LogP contribution < -0.4 is 4.90 Å². The van der Waals surface area contributed by atoms with Gasteiger partial charge in [-0.15, -0.1) is 0 Å². The molecule has 0 N–H and O–H groups in total. The molecular formula is C17H19FN2O2. The average molecular weight is 302 g/mol. The molecule has 1 aromatic carbocycles. The summed E-state index contributed by atoms with van der Waals surface area (Å²) in [4.78, 5) is 6.44. The fourth-order valence-corrected chi connectivity index (χ4v) is 3.42. The summed E-state index contributed by atoms with van der Waals surface area (Å²) in [5.74, 6) is -0.275. The first-order valence-electron chi connectivity index (χ1n) is 7.84. The van der Waals surface area contributed by atoms with Crippen LogP contribution in [0.1, 0.15) is 12.8 Å². The van der Waals surface area contributed by atoms with Crippen LogP contribution in [0.15, 0.2) is 30.5 Å². The molecule has 2 aliphatic rings. The number of rotatable bonds is 2. The highest BCUT2D eigenvalue weighted by Gasteiger charge is 2.31. The number of hydrogen-bond acceptors (Lipinski definition) is 4. The largest absolute Gasteiger partial charge is 0.375 e. The van der Waals surface area contributed by atoms with Crippen molar-refractivity contribution in [1.82, 2.24) is 4.98 Å². The summed E-state index contributed by atoms with van der Waals surface area (Å²) in [7, 11) is 0. The second kappa shape index (κ2) is 5.82. The van der Waals surface area contributed by atoms with Crippen LogP contribution in [-0.4, -0.2) is 43.5 Å². The Bertz CT molecular complexity index is 673. The minimum Gasteiger partial charge on any atom is -0.375 e. The van der Waals surface area contributed by atoms with Gasteiger partial charge in [-0.2, -0.15) is 0 Å². The fraction of sp³-hybridized carbons (Fsp3) is 0.471. The SMILES string of the molecule is Fc1cccc2c(N3CCO[C@H]([C@@H]4CCCO4)C3)ccnc12. The molecule has 116 valence electrons. The molecule has 2 aromatic rings. The summed E-state index contributed by atoms with van der Waals surface area (Å²) in [6.07, 6.45) is 4.12. The second-order valence-electron chi connectivity index (χ2n) is 5.87. The van der Waals surface area contributed by atoms with Crippen molar-refractivity contribution in [1.29, 1.82) is 0 Å². The fourth-order valence-electron chi connectivity index (χ4n) is 3.42. The van der Waals surface area contributed by atoms with Gasteiger partial charge in [-0.05, 0) is 25.0 Å². The van der Waals surface area contributed by atoms with Crippen molar-refractivity contribution in [2.45, 2.75) is 25.0 Å². The van der Waals surface area contributed by atoms with Gasteiger partial charge in [0.05, 0.1) is 12.7 Å². The third kappa shape index (κ3) is 2.44. The van der Waals surface area contributed by atoms with Crippen molar-refractivity contribution < 1.29 is 13.9 Å². The number of ether oxygens (including phenoxy) is 2. The van der Waals surface area contributed by atoms with Gasteiger partial charge in [0.2, 0.25) is 0 Å². The number of nitrogens with zero attached hydrogens (tertiary/aromatic N) is 2. The van der Waals surface area contributed by atoms with Gasteiger partial charge in [0.15, 0.2) is 0 Å². The van der Waals surface area contributed by atoms with Crippen LogP contribution in [0, 0.1) is 5.82 Å². The molecule has 0 unspecified atom stereocenters. The molecule has 2 aliphatic heterocycles. The van der Waals surface area contributed by atoms with E-state index in [9.17, 15) is 4.39 Å². The number of morpholine rings is 1. The maximum atomic E-state index is 13.9. The quantitative estimate of drug-likeness (QED) is 0.854. The maximum Gasteiger partial charge on any atom is 0.149 e. The summed E-state index contributed by atoms with van der Waals surface area (Å²) < 4.78 is 25.6. The lowest BCUT2D eigenvalue weighted by Gasteiger charge is -2.37. The molecule has 4 nitrogen and oxygen atoms in total. The Morgan fingerprint density at radius 2 is 2.05 bits per heavy atom. The normalized spacial score (nSPS) is 25.8. The Kier molecular flexibility index (Phi) is 3.68. The van der Waals surface area contributed by atoms with E-state index in [1.54, 1.807) is 12.3 Å². The summed E-state index contributed by atoms with van der Waals surface area (Å²) in [6, 6.07) is 7.07. The van der Waals surface area contributed by atoms with E-state index in [2.05, 4.69) is 9.88 Å². The molecule has 0 saturated carbocycles. The Morgan fingerprint density at radius 3 is 2.91 bits per heavy atom. The first kappa shape index (κ1) is 13.9. The minimum absolute atomic E-state index is 0.0908. The van der Waals surface area contributed by atoms with Crippen molar-refractivity contribution in [2.75, 3.05) is 31.2 Å². The molecule has 0 radical (unpaired) electrons. The Hall–Kier alpha value is -1.72. The van der Waals surface area contributed by atoms with E-state index in [4.69, 9.17) is 9.47 Å². The van der Waals surface area contributed by atoms with E-state index >= 15 is 0 Å². The molecular weight excluding hydrogens is 283 g/mol. The predicted molar refractivity (Wildman–Crippen MR) is 82.6 cm³/mol. The topological polar surface area (TPSA) is 34.6 Å². The van der Waals surface area contributed by atoms with E-state index in [1.165, 1.54) is 6.07 Å². The Labute approximate surface area is 128 Å². The van der Waals surface area contributed by atoms with Crippen LogP contribution >= 0.6 is 0 Å². The number of benzene rings is 1. The molecule has 0 spiro atoms. The highest BCUT2D eigenvalue weighted by atomic mass is 19.1. The molecule has 2 fully saturated rings. The van der Waals surface area contributed by atoms with Crippen molar-refractivity contribution in [2.24, 2.45) is 0 Å². The molecule has 2 atom stereocenters. The van der Waals surface area contributed by atoms with Gasteiger partial charge in [-0.25, -0.2) is 4.39 Å². The van der Waals surface area contributed by atoms with Crippen LogP contribution in [0.5, 0.6) is 0 Å². The number of anilines is 1. The molecule has 0 amide bonds. The number of aromatic nitrogens is 1.